The van der Waals surface area contributed by atoms with Crippen LogP contribution in [0.4, 0.5) is 0 Å². The highest BCUT2D eigenvalue weighted by Gasteiger charge is 2.44. The van der Waals surface area contributed by atoms with E-state index >= 15 is 0 Å². The Hall–Kier alpha value is -1.43. The van der Waals surface area contributed by atoms with Crippen molar-refractivity contribution in [2.45, 2.75) is 69.8 Å². The Labute approximate surface area is 184 Å². The highest BCUT2D eigenvalue weighted by molar-refractivity contribution is 6.30. The molecule has 1 N–H and O–H groups in total. The molecular formula is C24H33ClN2O3. The van der Waals surface area contributed by atoms with Gasteiger partial charge in [-0.1, -0.05) is 36.6 Å². The summed E-state index contributed by atoms with van der Waals surface area (Å²) in [5.41, 5.74) is 0.150. The van der Waals surface area contributed by atoms with Crippen LogP contribution in [0.15, 0.2) is 24.3 Å². The zero-order chi connectivity index (χ0) is 21.2. The van der Waals surface area contributed by atoms with Gasteiger partial charge in [0.1, 0.15) is 0 Å². The summed E-state index contributed by atoms with van der Waals surface area (Å²) in [6.07, 6.45) is 8.74. The number of carbonyl (C=O) groups excluding carboxylic acids is 2. The molecule has 1 spiro atoms. The molecule has 0 atom stereocenters. The lowest BCUT2D eigenvalue weighted by atomic mass is 9.76. The maximum absolute atomic E-state index is 12.5. The lowest BCUT2D eigenvalue weighted by Gasteiger charge is -2.39. The Bertz CT molecular complexity index is 745. The van der Waals surface area contributed by atoms with Crippen LogP contribution in [0.5, 0.6) is 0 Å². The second-order valence-corrected chi connectivity index (χ2v) is 10.0. The minimum atomic E-state index is -0.774. The van der Waals surface area contributed by atoms with Crippen LogP contribution in [-0.4, -0.2) is 52.9 Å². The molecule has 30 heavy (non-hydrogen) atoms. The summed E-state index contributed by atoms with van der Waals surface area (Å²) in [6, 6.07) is 7.50. The molecule has 1 saturated carbocycles. The van der Waals surface area contributed by atoms with Gasteiger partial charge in [-0.15, -0.1) is 0 Å². The van der Waals surface area contributed by atoms with E-state index in [0.717, 1.165) is 63.7 Å². The van der Waals surface area contributed by atoms with Gasteiger partial charge in [0, 0.05) is 37.5 Å². The molecule has 2 aliphatic heterocycles. The van der Waals surface area contributed by atoms with Crippen LogP contribution < -0.4 is 0 Å². The molecule has 0 unspecified atom stereocenters. The average Bonchev–Trinajstić information content (AvgIpc) is 3.16. The molecule has 6 heteroatoms. The van der Waals surface area contributed by atoms with Gasteiger partial charge in [0.2, 0.25) is 11.8 Å². The van der Waals surface area contributed by atoms with Crippen molar-refractivity contribution in [3.05, 3.63) is 34.9 Å². The number of nitrogens with zero attached hydrogens (tertiary/aromatic N) is 2. The number of likely N-dealkylation sites (tertiary alicyclic amines) is 2. The number of hydrogen-bond donors (Lipinski definition) is 1. The van der Waals surface area contributed by atoms with Crippen LogP contribution in [0.3, 0.4) is 0 Å². The van der Waals surface area contributed by atoms with Gasteiger partial charge >= 0.3 is 0 Å². The van der Waals surface area contributed by atoms with Gasteiger partial charge in [0.05, 0.1) is 5.60 Å². The van der Waals surface area contributed by atoms with Gasteiger partial charge in [-0.3, -0.25) is 14.5 Å². The second-order valence-electron chi connectivity index (χ2n) is 9.59. The normalized spacial score (nSPS) is 24.0. The standard InChI is InChI=1S/C24H33ClN2O3/c25-20-7-5-19(6-8-20)24(30)11-15-26(16-12-24)13-3-4-14-27-21(28)17-23(18-22(27)29)9-1-2-10-23/h5-8,30H,1-4,9-18H2. The number of rotatable bonds is 6. The molecule has 1 aromatic rings. The molecule has 5 nitrogen and oxygen atoms in total. The molecule has 0 radical (unpaired) electrons. The van der Waals surface area contributed by atoms with E-state index in [4.69, 9.17) is 11.6 Å². The zero-order valence-corrected chi connectivity index (χ0v) is 18.5. The third-order valence-electron chi connectivity index (χ3n) is 7.49. The van der Waals surface area contributed by atoms with E-state index < -0.39 is 5.60 Å². The quantitative estimate of drug-likeness (QED) is 0.542. The Morgan fingerprint density at radius 2 is 1.43 bits per heavy atom. The lowest BCUT2D eigenvalue weighted by molar-refractivity contribution is -0.153. The van der Waals surface area contributed by atoms with Crippen molar-refractivity contribution in [2.24, 2.45) is 5.41 Å². The van der Waals surface area contributed by atoms with E-state index in [0.29, 0.717) is 37.3 Å². The van der Waals surface area contributed by atoms with Crippen molar-refractivity contribution < 1.29 is 14.7 Å². The highest BCUT2D eigenvalue weighted by atomic mass is 35.5. The van der Waals surface area contributed by atoms with Gasteiger partial charge in [0.25, 0.3) is 0 Å². The van der Waals surface area contributed by atoms with Crippen molar-refractivity contribution in [2.75, 3.05) is 26.2 Å². The summed E-state index contributed by atoms with van der Waals surface area (Å²) in [4.78, 5) is 29.0. The van der Waals surface area contributed by atoms with E-state index in [1.165, 1.54) is 4.90 Å². The molecule has 3 aliphatic rings. The van der Waals surface area contributed by atoms with Gasteiger partial charge in [-0.25, -0.2) is 0 Å². The van der Waals surface area contributed by atoms with E-state index in [1.807, 2.05) is 24.3 Å². The lowest BCUT2D eigenvalue weighted by Crippen LogP contribution is -2.47. The number of aliphatic hydroxyl groups is 1. The Morgan fingerprint density at radius 3 is 2.03 bits per heavy atom. The van der Waals surface area contributed by atoms with E-state index in [-0.39, 0.29) is 17.2 Å². The second kappa shape index (κ2) is 8.97. The van der Waals surface area contributed by atoms with Crippen LogP contribution in [0.2, 0.25) is 5.02 Å². The average molecular weight is 433 g/mol. The molecule has 2 amide bonds. The summed E-state index contributed by atoms with van der Waals surface area (Å²) in [6.45, 7) is 3.19. The van der Waals surface area contributed by atoms with Gasteiger partial charge in [-0.2, -0.15) is 0 Å². The Morgan fingerprint density at radius 1 is 0.867 bits per heavy atom. The first-order chi connectivity index (χ1) is 14.4. The fraction of sp³-hybridized carbons (Fsp3) is 0.667. The number of carbonyl (C=O) groups is 2. The molecular weight excluding hydrogens is 400 g/mol. The van der Waals surface area contributed by atoms with Crippen LogP contribution in [0.25, 0.3) is 0 Å². The maximum atomic E-state index is 12.5. The van der Waals surface area contributed by atoms with E-state index in [1.54, 1.807) is 0 Å². The molecule has 3 fully saturated rings. The monoisotopic (exact) mass is 432 g/mol. The number of hydrogen-bond acceptors (Lipinski definition) is 4. The van der Waals surface area contributed by atoms with Crippen LogP contribution >= 0.6 is 11.6 Å². The zero-order valence-electron chi connectivity index (χ0n) is 17.7. The van der Waals surface area contributed by atoms with Gasteiger partial charge in [0.15, 0.2) is 0 Å². The maximum Gasteiger partial charge on any atom is 0.229 e. The van der Waals surface area contributed by atoms with Crippen LogP contribution in [0, 0.1) is 5.41 Å². The van der Waals surface area contributed by atoms with E-state index in [2.05, 4.69) is 4.90 Å². The number of unbranched alkanes of at least 4 members (excludes halogenated alkanes) is 1. The third-order valence-corrected chi connectivity index (χ3v) is 7.74. The molecule has 2 saturated heterocycles. The van der Waals surface area contributed by atoms with E-state index in [9.17, 15) is 14.7 Å². The van der Waals surface area contributed by atoms with Gasteiger partial charge < -0.3 is 10.0 Å². The minimum absolute atomic E-state index is 0.0145. The fourth-order valence-corrected chi connectivity index (χ4v) is 5.69. The van der Waals surface area contributed by atoms with Crippen molar-refractivity contribution in [1.82, 2.24) is 9.80 Å². The summed E-state index contributed by atoms with van der Waals surface area (Å²) < 4.78 is 0. The molecule has 4 rings (SSSR count). The predicted molar refractivity (Wildman–Crippen MR) is 117 cm³/mol. The van der Waals surface area contributed by atoms with Gasteiger partial charge in [-0.05, 0) is 68.2 Å². The van der Waals surface area contributed by atoms with Crippen molar-refractivity contribution >= 4 is 23.4 Å². The number of halogens is 1. The molecule has 2 heterocycles. The SMILES string of the molecule is O=C1CC2(CCCC2)CC(=O)N1CCCCN1CCC(O)(c2ccc(Cl)cc2)CC1. The Kier molecular flexibility index (Phi) is 6.52. The topological polar surface area (TPSA) is 60.9 Å². The smallest absolute Gasteiger partial charge is 0.229 e. The van der Waals surface area contributed by atoms with Crippen LogP contribution in [0.1, 0.15) is 69.8 Å². The first kappa shape index (κ1) is 21.8. The summed E-state index contributed by atoms with van der Waals surface area (Å²) in [5, 5.41) is 11.7. The highest BCUT2D eigenvalue weighted by Crippen LogP contribution is 2.46. The molecule has 0 bridgehead atoms. The number of imide groups is 1. The number of benzene rings is 1. The fourth-order valence-electron chi connectivity index (χ4n) is 5.56. The summed E-state index contributed by atoms with van der Waals surface area (Å²) >= 11 is 5.96. The first-order valence-corrected chi connectivity index (χ1v) is 11.8. The summed E-state index contributed by atoms with van der Waals surface area (Å²) in [5.74, 6) is 0.0818. The number of amides is 2. The molecule has 1 aliphatic carbocycles. The van der Waals surface area contributed by atoms with Crippen LogP contribution in [-0.2, 0) is 15.2 Å². The van der Waals surface area contributed by atoms with Crippen molar-refractivity contribution in [1.29, 1.82) is 0 Å². The molecule has 164 valence electrons. The Balaban J connectivity index is 1.18. The first-order valence-electron chi connectivity index (χ1n) is 11.4. The number of piperidine rings is 2. The predicted octanol–water partition coefficient (Wildman–Crippen LogP) is 4.11. The summed E-state index contributed by atoms with van der Waals surface area (Å²) in [7, 11) is 0. The third kappa shape index (κ3) is 4.74. The largest absolute Gasteiger partial charge is 0.385 e. The molecule has 0 aromatic heterocycles. The minimum Gasteiger partial charge on any atom is -0.385 e. The molecule has 1 aromatic carbocycles. The van der Waals surface area contributed by atoms with Crippen molar-refractivity contribution in [3.63, 3.8) is 0 Å². The van der Waals surface area contributed by atoms with Crippen molar-refractivity contribution in [3.8, 4) is 0 Å².